The number of carbonyl (C=O) groups excluding carboxylic acids is 4. The van der Waals surface area contributed by atoms with Gasteiger partial charge in [0.25, 0.3) is 0 Å². The van der Waals surface area contributed by atoms with Gasteiger partial charge in [0.2, 0.25) is 0 Å². The fourth-order valence-corrected chi connectivity index (χ4v) is 5.18. The fraction of sp³-hybridized carbons (Fsp3) is 0.333. The van der Waals surface area contributed by atoms with Gasteiger partial charge >= 0.3 is 23.9 Å². The summed E-state index contributed by atoms with van der Waals surface area (Å²) < 4.78 is 20.6. The van der Waals surface area contributed by atoms with Gasteiger partial charge in [0.1, 0.15) is 26.4 Å². The molecule has 2 aromatic carbocycles. The molecule has 1 heterocycles. The molecule has 0 bridgehead atoms. The predicted molar refractivity (Wildman–Crippen MR) is 163 cm³/mol. The number of ether oxygens (including phenoxy) is 4. The third-order valence-electron chi connectivity index (χ3n) is 7.15. The summed E-state index contributed by atoms with van der Waals surface area (Å²) in [4.78, 5) is 58.8. The van der Waals surface area contributed by atoms with Crippen molar-refractivity contribution in [2.24, 2.45) is 0 Å². The monoisotopic (exact) mass is 620 g/mol. The van der Waals surface area contributed by atoms with E-state index in [2.05, 4.69) is 13.2 Å². The van der Waals surface area contributed by atoms with Gasteiger partial charge in [-0.1, -0.05) is 49.0 Å². The number of carbonyl (C=O) groups is 4. The van der Waals surface area contributed by atoms with Crippen molar-refractivity contribution in [3.63, 3.8) is 0 Å². The molecule has 4 rings (SSSR count). The van der Waals surface area contributed by atoms with Crippen LogP contribution in [0.3, 0.4) is 0 Å². The number of hydrogen-bond donors (Lipinski definition) is 0. The Kier molecular flexibility index (Phi) is 10.5. The molecule has 3 aromatic rings. The number of esters is 4. The lowest BCUT2D eigenvalue weighted by Crippen LogP contribution is -2.29. The van der Waals surface area contributed by atoms with E-state index in [0.717, 1.165) is 11.1 Å². The summed E-state index contributed by atoms with van der Waals surface area (Å²) in [5.74, 6) is -2.12. The summed E-state index contributed by atoms with van der Waals surface area (Å²) in [6.07, 6.45) is 0.514. The number of fused-ring (bicyclic) bond motifs is 4. The SMILES string of the molecule is C=C(C)C(=O)OCCOC(=O)CCC1(CCC(=O)OCCOC(=O)C(=C)C)c2ccccc2-c2nc3cc(Cl)ccc3nc21. The summed E-state index contributed by atoms with van der Waals surface area (Å²) >= 11 is 6.23. The lowest BCUT2D eigenvalue weighted by atomic mass is 9.73. The van der Waals surface area contributed by atoms with E-state index in [1.165, 1.54) is 13.8 Å². The second-order valence-electron chi connectivity index (χ2n) is 10.5. The minimum absolute atomic E-state index is 0.00551. The Hall–Kier alpha value is -4.57. The molecule has 1 aromatic heterocycles. The molecule has 0 amide bonds. The number of rotatable bonds is 14. The van der Waals surface area contributed by atoms with Crippen LogP contribution >= 0.6 is 11.6 Å². The van der Waals surface area contributed by atoms with Gasteiger partial charge in [-0.3, -0.25) is 9.59 Å². The van der Waals surface area contributed by atoms with Crippen molar-refractivity contribution in [2.75, 3.05) is 26.4 Å². The fourth-order valence-electron chi connectivity index (χ4n) is 5.02. The minimum Gasteiger partial charge on any atom is -0.462 e. The molecule has 44 heavy (non-hydrogen) atoms. The summed E-state index contributed by atoms with van der Waals surface area (Å²) in [6, 6.07) is 12.9. The van der Waals surface area contributed by atoms with Crippen LogP contribution in [0.4, 0.5) is 0 Å². The first-order valence-corrected chi connectivity index (χ1v) is 14.4. The van der Waals surface area contributed by atoms with Crippen LogP contribution in [-0.4, -0.2) is 60.3 Å². The van der Waals surface area contributed by atoms with Crippen LogP contribution in [0.1, 0.15) is 50.8 Å². The highest BCUT2D eigenvalue weighted by molar-refractivity contribution is 6.31. The maximum absolute atomic E-state index is 12.8. The maximum atomic E-state index is 12.8. The van der Waals surface area contributed by atoms with Crippen molar-refractivity contribution >= 4 is 46.5 Å². The van der Waals surface area contributed by atoms with Gasteiger partial charge in [-0.25, -0.2) is 19.6 Å². The highest BCUT2D eigenvalue weighted by Crippen LogP contribution is 2.52. The first-order chi connectivity index (χ1) is 21.0. The smallest absolute Gasteiger partial charge is 0.333 e. The number of aromatic nitrogens is 2. The summed E-state index contributed by atoms with van der Waals surface area (Å²) in [7, 11) is 0. The van der Waals surface area contributed by atoms with E-state index in [-0.39, 0.29) is 63.3 Å². The quantitative estimate of drug-likeness (QED) is 0.0994. The zero-order chi connectivity index (χ0) is 31.9. The highest BCUT2D eigenvalue weighted by Gasteiger charge is 2.46. The molecule has 0 atom stereocenters. The Labute approximate surface area is 260 Å². The van der Waals surface area contributed by atoms with Gasteiger partial charge in [-0.15, -0.1) is 0 Å². The minimum atomic E-state index is -0.871. The van der Waals surface area contributed by atoms with Crippen molar-refractivity contribution in [1.29, 1.82) is 0 Å². The summed E-state index contributed by atoms with van der Waals surface area (Å²) in [6.45, 7) is 9.69. The van der Waals surface area contributed by atoms with E-state index in [9.17, 15) is 19.2 Å². The van der Waals surface area contributed by atoms with Crippen LogP contribution in [0.25, 0.3) is 22.3 Å². The summed E-state index contributed by atoms with van der Waals surface area (Å²) in [5.41, 5.74) is 3.88. The second-order valence-corrected chi connectivity index (χ2v) is 10.9. The molecule has 0 N–H and O–H groups in total. The van der Waals surface area contributed by atoms with Crippen LogP contribution < -0.4 is 0 Å². The number of halogens is 1. The van der Waals surface area contributed by atoms with Crippen LogP contribution in [0.5, 0.6) is 0 Å². The predicted octanol–water partition coefficient (Wildman–Crippen LogP) is 5.44. The van der Waals surface area contributed by atoms with Gasteiger partial charge in [0, 0.05) is 40.0 Å². The molecule has 0 unspecified atom stereocenters. The molecule has 0 saturated heterocycles. The van der Waals surface area contributed by atoms with Crippen molar-refractivity contribution in [1.82, 2.24) is 9.97 Å². The Balaban J connectivity index is 1.56. The van der Waals surface area contributed by atoms with Crippen molar-refractivity contribution < 1.29 is 38.1 Å². The average molecular weight is 621 g/mol. The van der Waals surface area contributed by atoms with Gasteiger partial charge in [0.15, 0.2) is 0 Å². The molecule has 11 heteroatoms. The van der Waals surface area contributed by atoms with Crippen molar-refractivity contribution in [2.45, 2.75) is 44.9 Å². The highest BCUT2D eigenvalue weighted by atomic mass is 35.5. The van der Waals surface area contributed by atoms with Crippen LogP contribution in [0.15, 0.2) is 66.8 Å². The first kappa shape index (κ1) is 32.3. The number of hydrogen-bond acceptors (Lipinski definition) is 10. The van der Waals surface area contributed by atoms with E-state index in [1.54, 1.807) is 18.2 Å². The standard InChI is InChI=1S/C33H33ClN2O8/c1-20(2)31(39)43-17-15-41-27(37)11-13-33(14-12-28(38)42-16-18-44-32(40)21(3)4)24-8-6-5-7-23(24)29-30(33)36-25-10-9-22(34)19-26(25)35-29/h5-10,19H,1,3,11-18H2,2,4H3. The van der Waals surface area contributed by atoms with Gasteiger partial charge in [0.05, 0.1) is 22.4 Å². The summed E-state index contributed by atoms with van der Waals surface area (Å²) in [5, 5.41) is 0.526. The molecule has 0 spiro atoms. The molecular weight excluding hydrogens is 588 g/mol. The van der Waals surface area contributed by atoms with Crippen molar-refractivity contribution in [3.05, 3.63) is 83.0 Å². The Morgan fingerprint density at radius 2 is 1.30 bits per heavy atom. The number of nitrogens with zero attached hydrogens (tertiary/aromatic N) is 2. The molecule has 1 aliphatic carbocycles. The first-order valence-electron chi connectivity index (χ1n) is 14.1. The Morgan fingerprint density at radius 3 is 1.86 bits per heavy atom. The third-order valence-corrected chi connectivity index (χ3v) is 7.38. The van der Waals surface area contributed by atoms with E-state index in [4.69, 9.17) is 40.5 Å². The van der Waals surface area contributed by atoms with Gasteiger partial charge in [-0.05, 0) is 50.5 Å². The van der Waals surface area contributed by atoms with E-state index < -0.39 is 29.3 Å². The lowest BCUT2D eigenvalue weighted by molar-refractivity contribution is -0.150. The molecule has 0 radical (unpaired) electrons. The number of benzene rings is 2. The Bertz CT molecular complexity index is 1580. The van der Waals surface area contributed by atoms with Gasteiger partial charge in [-0.2, -0.15) is 0 Å². The molecule has 0 saturated carbocycles. The molecule has 1 aliphatic rings. The lowest BCUT2D eigenvalue weighted by Gasteiger charge is -2.30. The molecule has 0 aliphatic heterocycles. The largest absolute Gasteiger partial charge is 0.462 e. The molecular formula is C33H33ClN2O8. The van der Waals surface area contributed by atoms with E-state index in [1.807, 2.05) is 24.3 Å². The molecule has 10 nitrogen and oxygen atoms in total. The second kappa shape index (κ2) is 14.3. The third kappa shape index (κ3) is 7.49. The zero-order valence-electron chi connectivity index (χ0n) is 24.7. The normalized spacial score (nSPS) is 12.5. The van der Waals surface area contributed by atoms with Crippen LogP contribution in [0, 0.1) is 0 Å². The van der Waals surface area contributed by atoms with Crippen molar-refractivity contribution in [3.8, 4) is 11.3 Å². The van der Waals surface area contributed by atoms with Crippen LogP contribution in [-0.2, 0) is 43.5 Å². The van der Waals surface area contributed by atoms with E-state index >= 15 is 0 Å². The Morgan fingerprint density at radius 1 is 0.750 bits per heavy atom. The average Bonchev–Trinajstić information content (AvgIpc) is 3.26. The topological polar surface area (TPSA) is 131 Å². The molecule has 0 fully saturated rings. The van der Waals surface area contributed by atoms with E-state index in [0.29, 0.717) is 27.4 Å². The zero-order valence-corrected chi connectivity index (χ0v) is 25.4. The maximum Gasteiger partial charge on any atom is 0.333 e. The van der Waals surface area contributed by atoms with Gasteiger partial charge < -0.3 is 18.9 Å². The molecule has 230 valence electrons. The van der Waals surface area contributed by atoms with Crippen LogP contribution in [0.2, 0.25) is 5.02 Å².